The molecule has 0 radical (unpaired) electrons. The van der Waals surface area contributed by atoms with E-state index in [2.05, 4.69) is 0 Å². The van der Waals surface area contributed by atoms with Crippen LogP contribution in [0.15, 0.2) is 18.2 Å². The van der Waals surface area contributed by atoms with Gasteiger partial charge in [0.1, 0.15) is 0 Å². The molecule has 1 aromatic carbocycles. The SMILES string of the molecule is CCOc1cc(C(C)C)ccc1[N+](=O)[O-]. The van der Waals surface area contributed by atoms with Crippen LogP contribution in [-0.2, 0) is 0 Å². The molecule has 4 nitrogen and oxygen atoms in total. The highest BCUT2D eigenvalue weighted by Crippen LogP contribution is 2.30. The van der Waals surface area contributed by atoms with Crippen LogP contribution in [0.5, 0.6) is 5.75 Å². The Hall–Kier alpha value is -1.58. The van der Waals surface area contributed by atoms with Crippen LogP contribution < -0.4 is 4.74 Å². The lowest BCUT2D eigenvalue weighted by atomic mass is 10.0. The highest BCUT2D eigenvalue weighted by Gasteiger charge is 2.15. The van der Waals surface area contributed by atoms with Crippen LogP contribution in [0, 0.1) is 10.1 Å². The van der Waals surface area contributed by atoms with Gasteiger partial charge in [-0.05, 0) is 24.5 Å². The Balaban J connectivity index is 3.14. The van der Waals surface area contributed by atoms with Gasteiger partial charge in [0.2, 0.25) is 0 Å². The molecule has 0 unspecified atom stereocenters. The van der Waals surface area contributed by atoms with Crippen molar-refractivity contribution in [3.8, 4) is 5.75 Å². The van der Waals surface area contributed by atoms with Crippen molar-refractivity contribution < 1.29 is 9.66 Å². The number of hydrogen-bond acceptors (Lipinski definition) is 3. The van der Waals surface area contributed by atoms with Crippen molar-refractivity contribution in [3.05, 3.63) is 33.9 Å². The van der Waals surface area contributed by atoms with Crippen molar-refractivity contribution in [1.82, 2.24) is 0 Å². The Kier molecular flexibility index (Phi) is 3.66. The average Bonchev–Trinajstić information content (AvgIpc) is 2.17. The van der Waals surface area contributed by atoms with Gasteiger partial charge in [-0.25, -0.2) is 0 Å². The van der Waals surface area contributed by atoms with E-state index in [0.29, 0.717) is 18.3 Å². The summed E-state index contributed by atoms with van der Waals surface area (Å²) in [7, 11) is 0. The fourth-order valence-corrected chi connectivity index (χ4v) is 1.31. The molecule has 0 aliphatic heterocycles. The highest BCUT2D eigenvalue weighted by atomic mass is 16.6. The summed E-state index contributed by atoms with van der Waals surface area (Å²) in [5.74, 6) is 0.693. The molecule has 0 spiro atoms. The molecule has 0 N–H and O–H groups in total. The van der Waals surface area contributed by atoms with Crippen LogP contribution in [0.1, 0.15) is 32.3 Å². The van der Waals surface area contributed by atoms with E-state index in [9.17, 15) is 10.1 Å². The van der Waals surface area contributed by atoms with Crippen molar-refractivity contribution >= 4 is 5.69 Å². The third kappa shape index (κ3) is 2.68. The molecular weight excluding hydrogens is 194 g/mol. The fourth-order valence-electron chi connectivity index (χ4n) is 1.31. The number of nitro groups is 1. The van der Waals surface area contributed by atoms with Crippen LogP contribution in [0.25, 0.3) is 0 Å². The summed E-state index contributed by atoms with van der Waals surface area (Å²) in [6.07, 6.45) is 0. The standard InChI is InChI=1S/C11H15NO3/c1-4-15-11-7-9(8(2)3)5-6-10(11)12(13)14/h5-8H,4H2,1-3H3. The Morgan fingerprint density at radius 1 is 1.47 bits per heavy atom. The zero-order valence-electron chi connectivity index (χ0n) is 9.19. The van der Waals surface area contributed by atoms with Crippen molar-refractivity contribution in [3.63, 3.8) is 0 Å². The summed E-state index contributed by atoms with van der Waals surface area (Å²) in [4.78, 5) is 10.3. The third-order valence-corrected chi connectivity index (χ3v) is 2.15. The first kappa shape index (κ1) is 11.5. The molecule has 0 aliphatic carbocycles. The predicted octanol–water partition coefficient (Wildman–Crippen LogP) is 3.12. The Morgan fingerprint density at radius 2 is 2.13 bits per heavy atom. The minimum atomic E-state index is -0.422. The molecule has 82 valence electrons. The van der Waals surface area contributed by atoms with E-state index in [-0.39, 0.29) is 5.69 Å². The molecule has 0 fully saturated rings. The van der Waals surface area contributed by atoms with E-state index in [1.54, 1.807) is 12.1 Å². The van der Waals surface area contributed by atoms with Gasteiger partial charge in [-0.3, -0.25) is 10.1 Å². The molecule has 0 heterocycles. The number of nitrogens with zero attached hydrogens (tertiary/aromatic N) is 1. The molecule has 0 atom stereocenters. The molecular formula is C11H15NO3. The van der Waals surface area contributed by atoms with Crippen LogP contribution >= 0.6 is 0 Å². The van der Waals surface area contributed by atoms with Crippen LogP contribution in [0.2, 0.25) is 0 Å². The molecule has 0 saturated heterocycles. The van der Waals surface area contributed by atoms with E-state index in [0.717, 1.165) is 5.56 Å². The first-order valence-electron chi connectivity index (χ1n) is 4.97. The minimum absolute atomic E-state index is 0.0289. The van der Waals surface area contributed by atoms with Gasteiger partial charge in [-0.15, -0.1) is 0 Å². The summed E-state index contributed by atoms with van der Waals surface area (Å²) in [6, 6.07) is 5.01. The van der Waals surface area contributed by atoms with Gasteiger partial charge < -0.3 is 4.74 Å². The normalized spacial score (nSPS) is 10.4. The lowest BCUT2D eigenvalue weighted by Crippen LogP contribution is -1.99. The summed E-state index contributed by atoms with van der Waals surface area (Å²) in [5, 5.41) is 10.7. The van der Waals surface area contributed by atoms with Crippen molar-refractivity contribution in [1.29, 1.82) is 0 Å². The van der Waals surface area contributed by atoms with E-state index < -0.39 is 4.92 Å². The molecule has 0 aliphatic rings. The molecule has 0 saturated carbocycles. The summed E-state index contributed by atoms with van der Waals surface area (Å²) in [5.41, 5.74) is 1.07. The molecule has 1 rings (SSSR count). The van der Waals surface area contributed by atoms with Gasteiger partial charge in [0.05, 0.1) is 11.5 Å². The maximum absolute atomic E-state index is 10.7. The lowest BCUT2D eigenvalue weighted by Gasteiger charge is -2.09. The number of benzene rings is 1. The molecule has 0 bridgehead atoms. The smallest absolute Gasteiger partial charge is 0.310 e. The van der Waals surface area contributed by atoms with Gasteiger partial charge in [-0.2, -0.15) is 0 Å². The third-order valence-electron chi connectivity index (χ3n) is 2.15. The van der Waals surface area contributed by atoms with Crippen LogP contribution in [-0.4, -0.2) is 11.5 Å². The Labute approximate surface area is 89.0 Å². The summed E-state index contributed by atoms with van der Waals surface area (Å²) < 4.78 is 5.25. The van der Waals surface area contributed by atoms with Gasteiger partial charge in [-0.1, -0.05) is 19.9 Å². The number of rotatable bonds is 4. The highest BCUT2D eigenvalue weighted by molar-refractivity contribution is 5.49. The second-order valence-corrected chi connectivity index (χ2v) is 3.57. The monoisotopic (exact) mass is 209 g/mol. The van der Waals surface area contributed by atoms with E-state index in [1.165, 1.54) is 6.07 Å². The molecule has 4 heteroatoms. The zero-order chi connectivity index (χ0) is 11.4. The predicted molar refractivity (Wildman–Crippen MR) is 58.4 cm³/mol. The maximum atomic E-state index is 10.7. The van der Waals surface area contributed by atoms with E-state index >= 15 is 0 Å². The van der Waals surface area contributed by atoms with Crippen LogP contribution in [0.3, 0.4) is 0 Å². The number of ether oxygens (including phenoxy) is 1. The quantitative estimate of drug-likeness (QED) is 0.565. The summed E-state index contributed by atoms with van der Waals surface area (Å²) >= 11 is 0. The van der Waals surface area contributed by atoms with Crippen LogP contribution in [0.4, 0.5) is 5.69 Å². The summed E-state index contributed by atoms with van der Waals surface area (Å²) in [6.45, 7) is 6.32. The topological polar surface area (TPSA) is 52.4 Å². The fraction of sp³-hybridized carbons (Fsp3) is 0.455. The Morgan fingerprint density at radius 3 is 2.60 bits per heavy atom. The van der Waals surface area contributed by atoms with Crippen molar-refractivity contribution in [2.45, 2.75) is 26.7 Å². The average molecular weight is 209 g/mol. The lowest BCUT2D eigenvalue weighted by molar-refractivity contribution is -0.385. The first-order valence-corrected chi connectivity index (χ1v) is 4.97. The minimum Gasteiger partial charge on any atom is -0.487 e. The van der Waals surface area contributed by atoms with Gasteiger partial charge in [0.15, 0.2) is 5.75 Å². The Bertz CT molecular complexity index is 361. The molecule has 0 aromatic heterocycles. The molecule has 15 heavy (non-hydrogen) atoms. The van der Waals surface area contributed by atoms with Gasteiger partial charge in [0, 0.05) is 6.07 Å². The van der Waals surface area contributed by atoms with Crippen molar-refractivity contribution in [2.24, 2.45) is 0 Å². The number of hydrogen-bond donors (Lipinski definition) is 0. The second kappa shape index (κ2) is 4.77. The zero-order valence-corrected chi connectivity index (χ0v) is 9.19. The van der Waals surface area contributed by atoms with Gasteiger partial charge in [0.25, 0.3) is 0 Å². The first-order chi connectivity index (χ1) is 7.06. The molecule has 0 amide bonds. The van der Waals surface area contributed by atoms with E-state index in [4.69, 9.17) is 4.74 Å². The maximum Gasteiger partial charge on any atom is 0.310 e. The van der Waals surface area contributed by atoms with Gasteiger partial charge >= 0.3 is 5.69 Å². The van der Waals surface area contributed by atoms with E-state index in [1.807, 2.05) is 20.8 Å². The second-order valence-electron chi connectivity index (χ2n) is 3.57. The number of nitro benzene ring substituents is 1. The largest absolute Gasteiger partial charge is 0.487 e. The van der Waals surface area contributed by atoms with Crippen molar-refractivity contribution in [2.75, 3.05) is 6.61 Å². The molecule has 1 aromatic rings.